The lowest BCUT2D eigenvalue weighted by atomic mass is 10.1. The second-order valence-corrected chi connectivity index (χ2v) is 5.57. The largest absolute Gasteiger partial charge is 0.493 e. The smallest absolute Gasteiger partial charge is 0.303 e. The summed E-state index contributed by atoms with van der Waals surface area (Å²) in [5.41, 5.74) is 0.932. The van der Waals surface area contributed by atoms with Gasteiger partial charge in [0.15, 0.2) is 0 Å². The number of aryl methyl sites for hydroxylation is 1. The molecule has 0 saturated heterocycles. The van der Waals surface area contributed by atoms with Crippen molar-refractivity contribution in [3.63, 3.8) is 0 Å². The van der Waals surface area contributed by atoms with Gasteiger partial charge in [0.1, 0.15) is 5.75 Å². The van der Waals surface area contributed by atoms with Gasteiger partial charge in [0.25, 0.3) is 0 Å². The normalized spacial score (nSPS) is 10.7. The molecular formula is C14H20BrNO3. The number of benzene rings is 1. The van der Waals surface area contributed by atoms with E-state index < -0.39 is 5.97 Å². The van der Waals surface area contributed by atoms with E-state index in [1.807, 2.05) is 32.3 Å². The SMILES string of the molecule is CN(C)CCCOc1ccc(Br)cc1CCC(=O)O. The first-order valence-electron chi connectivity index (χ1n) is 6.27. The number of carboxylic acid groups (broad SMARTS) is 1. The monoisotopic (exact) mass is 329 g/mol. The molecule has 1 aromatic carbocycles. The Morgan fingerprint density at radius 1 is 1.42 bits per heavy atom. The van der Waals surface area contributed by atoms with Crippen molar-refractivity contribution in [1.29, 1.82) is 0 Å². The lowest BCUT2D eigenvalue weighted by Crippen LogP contribution is -2.15. The average molecular weight is 330 g/mol. The minimum atomic E-state index is -0.793. The van der Waals surface area contributed by atoms with E-state index in [1.165, 1.54) is 0 Å². The minimum absolute atomic E-state index is 0.116. The number of aliphatic carboxylic acids is 1. The Morgan fingerprint density at radius 3 is 2.79 bits per heavy atom. The molecule has 1 N–H and O–H groups in total. The third-order valence-corrected chi connectivity index (χ3v) is 3.13. The summed E-state index contributed by atoms with van der Waals surface area (Å²) in [5, 5.41) is 8.75. The number of hydrogen-bond donors (Lipinski definition) is 1. The highest BCUT2D eigenvalue weighted by Crippen LogP contribution is 2.24. The molecule has 0 amide bonds. The van der Waals surface area contributed by atoms with Gasteiger partial charge in [-0.05, 0) is 50.7 Å². The predicted molar refractivity (Wildman–Crippen MR) is 78.8 cm³/mol. The molecule has 0 fully saturated rings. The summed E-state index contributed by atoms with van der Waals surface area (Å²) in [5.74, 6) is -0.0123. The molecule has 0 bridgehead atoms. The lowest BCUT2D eigenvalue weighted by Gasteiger charge is -2.13. The molecule has 4 nitrogen and oxygen atoms in total. The summed E-state index contributed by atoms with van der Waals surface area (Å²) in [4.78, 5) is 12.8. The quantitative estimate of drug-likeness (QED) is 0.745. The molecule has 0 atom stereocenters. The van der Waals surface area contributed by atoms with Gasteiger partial charge in [0.05, 0.1) is 6.61 Å². The van der Waals surface area contributed by atoms with Crippen molar-refractivity contribution in [3.8, 4) is 5.75 Å². The Morgan fingerprint density at radius 2 is 2.16 bits per heavy atom. The number of ether oxygens (including phenoxy) is 1. The fourth-order valence-corrected chi connectivity index (χ4v) is 2.10. The Hall–Kier alpha value is -1.07. The van der Waals surface area contributed by atoms with E-state index in [2.05, 4.69) is 20.8 Å². The molecule has 0 radical (unpaired) electrons. The van der Waals surface area contributed by atoms with Crippen LogP contribution in [0.5, 0.6) is 5.75 Å². The van der Waals surface area contributed by atoms with Gasteiger partial charge in [0, 0.05) is 17.4 Å². The molecule has 0 aromatic heterocycles. The van der Waals surface area contributed by atoms with Crippen LogP contribution in [0.4, 0.5) is 0 Å². The van der Waals surface area contributed by atoms with Gasteiger partial charge in [-0.2, -0.15) is 0 Å². The summed E-state index contributed by atoms with van der Waals surface area (Å²) in [6.45, 7) is 1.61. The molecule has 0 aliphatic carbocycles. The first-order valence-corrected chi connectivity index (χ1v) is 7.06. The van der Waals surface area contributed by atoms with Crippen LogP contribution in [0.1, 0.15) is 18.4 Å². The zero-order chi connectivity index (χ0) is 14.3. The Labute approximate surface area is 122 Å². The minimum Gasteiger partial charge on any atom is -0.493 e. The molecule has 0 aliphatic heterocycles. The van der Waals surface area contributed by atoms with Gasteiger partial charge in [-0.1, -0.05) is 15.9 Å². The average Bonchev–Trinajstić information content (AvgIpc) is 2.33. The molecule has 0 unspecified atom stereocenters. The molecule has 5 heteroatoms. The van der Waals surface area contributed by atoms with Gasteiger partial charge >= 0.3 is 5.97 Å². The molecule has 106 valence electrons. The Balaban J connectivity index is 2.57. The van der Waals surface area contributed by atoms with Crippen LogP contribution in [0.2, 0.25) is 0 Å². The van der Waals surface area contributed by atoms with Crippen molar-refractivity contribution in [2.75, 3.05) is 27.2 Å². The molecule has 0 spiro atoms. The lowest BCUT2D eigenvalue weighted by molar-refractivity contribution is -0.136. The number of halogens is 1. The van der Waals surface area contributed by atoms with Crippen molar-refractivity contribution < 1.29 is 14.6 Å². The third-order valence-electron chi connectivity index (χ3n) is 2.64. The van der Waals surface area contributed by atoms with Gasteiger partial charge in [-0.3, -0.25) is 4.79 Å². The van der Waals surface area contributed by atoms with Crippen LogP contribution in [-0.4, -0.2) is 43.2 Å². The first kappa shape index (κ1) is 16.0. The highest BCUT2D eigenvalue weighted by atomic mass is 79.9. The van der Waals surface area contributed by atoms with Gasteiger partial charge in [-0.25, -0.2) is 0 Å². The maximum absolute atomic E-state index is 10.6. The highest BCUT2D eigenvalue weighted by molar-refractivity contribution is 9.10. The summed E-state index contributed by atoms with van der Waals surface area (Å²) < 4.78 is 6.67. The molecule has 1 aromatic rings. The molecule has 0 saturated carbocycles. The Kier molecular flexibility index (Phi) is 6.87. The van der Waals surface area contributed by atoms with E-state index in [1.54, 1.807) is 0 Å². The van der Waals surface area contributed by atoms with Crippen molar-refractivity contribution in [2.24, 2.45) is 0 Å². The molecule has 19 heavy (non-hydrogen) atoms. The van der Waals surface area contributed by atoms with E-state index in [9.17, 15) is 4.79 Å². The van der Waals surface area contributed by atoms with Crippen LogP contribution in [0, 0.1) is 0 Å². The van der Waals surface area contributed by atoms with E-state index in [0.717, 1.165) is 28.8 Å². The van der Waals surface area contributed by atoms with Crippen LogP contribution in [-0.2, 0) is 11.2 Å². The first-order chi connectivity index (χ1) is 8.99. The number of carboxylic acids is 1. The standard InChI is InChI=1S/C14H20BrNO3/c1-16(2)8-3-9-19-13-6-5-12(15)10-11(13)4-7-14(17)18/h5-6,10H,3-4,7-9H2,1-2H3,(H,17,18). The molecule has 1 rings (SSSR count). The summed E-state index contributed by atoms with van der Waals surface area (Å²) in [7, 11) is 4.05. The van der Waals surface area contributed by atoms with Crippen LogP contribution in [0.15, 0.2) is 22.7 Å². The second kappa shape index (κ2) is 8.17. The van der Waals surface area contributed by atoms with E-state index in [-0.39, 0.29) is 6.42 Å². The van der Waals surface area contributed by atoms with E-state index in [4.69, 9.17) is 9.84 Å². The van der Waals surface area contributed by atoms with Crippen molar-refractivity contribution in [1.82, 2.24) is 4.90 Å². The van der Waals surface area contributed by atoms with Crippen LogP contribution in [0.3, 0.4) is 0 Å². The van der Waals surface area contributed by atoms with Crippen molar-refractivity contribution in [3.05, 3.63) is 28.2 Å². The van der Waals surface area contributed by atoms with Crippen LogP contribution >= 0.6 is 15.9 Å². The maximum atomic E-state index is 10.6. The highest BCUT2D eigenvalue weighted by Gasteiger charge is 2.07. The predicted octanol–water partition coefficient (Wildman–Crippen LogP) is 2.80. The van der Waals surface area contributed by atoms with Crippen LogP contribution in [0.25, 0.3) is 0 Å². The Bertz CT molecular complexity index is 421. The van der Waals surface area contributed by atoms with Crippen LogP contribution < -0.4 is 4.74 Å². The molecule has 0 aliphatic rings. The zero-order valence-electron chi connectivity index (χ0n) is 11.4. The number of nitrogens with zero attached hydrogens (tertiary/aromatic N) is 1. The molecular weight excluding hydrogens is 310 g/mol. The van der Waals surface area contributed by atoms with Gasteiger partial charge < -0.3 is 14.7 Å². The number of rotatable bonds is 8. The van der Waals surface area contributed by atoms with Gasteiger partial charge in [0.2, 0.25) is 0 Å². The van der Waals surface area contributed by atoms with Crippen molar-refractivity contribution in [2.45, 2.75) is 19.3 Å². The van der Waals surface area contributed by atoms with E-state index in [0.29, 0.717) is 13.0 Å². The summed E-state index contributed by atoms with van der Waals surface area (Å²) in [6, 6.07) is 5.71. The number of carbonyl (C=O) groups is 1. The third kappa shape index (κ3) is 6.59. The summed E-state index contributed by atoms with van der Waals surface area (Å²) in [6.07, 6.45) is 1.55. The maximum Gasteiger partial charge on any atom is 0.303 e. The molecule has 0 heterocycles. The van der Waals surface area contributed by atoms with Gasteiger partial charge in [-0.15, -0.1) is 0 Å². The fraction of sp³-hybridized carbons (Fsp3) is 0.500. The second-order valence-electron chi connectivity index (χ2n) is 4.65. The summed E-state index contributed by atoms with van der Waals surface area (Å²) >= 11 is 3.39. The zero-order valence-corrected chi connectivity index (χ0v) is 12.9. The van der Waals surface area contributed by atoms with E-state index >= 15 is 0 Å². The topological polar surface area (TPSA) is 49.8 Å². The fourth-order valence-electron chi connectivity index (χ4n) is 1.69. The van der Waals surface area contributed by atoms with Crippen molar-refractivity contribution >= 4 is 21.9 Å². The number of hydrogen-bond acceptors (Lipinski definition) is 3.